The minimum atomic E-state index is -0.150. The lowest BCUT2D eigenvalue weighted by molar-refractivity contribution is -0.135. The number of nitrogens with one attached hydrogen (secondary N) is 1. The molecule has 15 heavy (non-hydrogen) atoms. The number of amides is 1. The van der Waals surface area contributed by atoms with Gasteiger partial charge in [0, 0.05) is 13.1 Å². The molecular formula is C10H20N2O3. The lowest BCUT2D eigenvalue weighted by Crippen LogP contribution is -2.47. The number of hydrogen-bond donors (Lipinski definition) is 3. The third kappa shape index (κ3) is 3.15. The van der Waals surface area contributed by atoms with Crippen LogP contribution in [0.15, 0.2) is 0 Å². The van der Waals surface area contributed by atoms with E-state index in [1.807, 2.05) is 6.92 Å². The Morgan fingerprint density at radius 3 is 2.40 bits per heavy atom. The largest absolute Gasteiger partial charge is 0.395 e. The molecule has 0 aliphatic carbocycles. The molecule has 3 N–H and O–H groups in total. The monoisotopic (exact) mass is 216 g/mol. The predicted octanol–water partition coefficient (Wildman–Crippen LogP) is -1.20. The van der Waals surface area contributed by atoms with Gasteiger partial charge in [-0.15, -0.1) is 0 Å². The second-order valence-electron chi connectivity index (χ2n) is 3.97. The Morgan fingerprint density at radius 2 is 2.00 bits per heavy atom. The van der Waals surface area contributed by atoms with Crippen molar-refractivity contribution in [1.82, 2.24) is 10.2 Å². The highest BCUT2D eigenvalue weighted by atomic mass is 16.3. The number of carbonyl (C=O) groups is 1. The van der Waals surface area contributed by atoms with E-state index in [0.29, 0.717) is 19.0 Å². The molecule has 1 aliphatic rings. The van der Waals surface area contributed by atoms with Crippen LogP contribution in [0, 0.1) is 5.92 Å². The molecule has 5 heteroatoms. The predicted molar refractivity (Wildman–Crippen MR) is 56.3 cm³/mol. The van der Waals surface area contributed by atoms with Crippen molar-refractivity contribution in [3.8, 4) is 0 Å². The van der Waals surface area contributed by atoms with Gasteiger partial charge in [0.15, 0.2) is 0 Å². The highest BCUT2D eigenvalue weighted by Gasteiger charge is 2.31. The number of nitrogens with zero attached hydrogens (tertiary/aromatic N) is 1. The SMILES string of the molecule is CC1CCNC1C(=O)N(CCO)CCO. The molecule has 88 valence electrons. The Hall–Kier alpha value is -0.650. The number of aliphatic hydroxyl groups excluding tert-OH is 2. The fourth-order valence-corrected chi connectivity index (χ4v) is 1.94. The van der Waals surface area contributed by atoms with Crippen LogP contribution in [0.4, 0.5) is 0 Å². The van der Waals surface area contributed by atoms with Gasteiger partial charge in [-0.05, 0) is 18.9 Å². The molecule has 1 aliphatic heterocycles. The molecule has 0 spiro atoms. The van der Waals surface area contributed by atoms with Crippen LogP contribution in [0.5, 0.6) is 0 Å². The van der Waals surface area contributed by atoms with Gasteiger partial charge in [-0.1, -0.05) is 6.92 Å². The summed E-state index contributed by atoms with van der Waals surface area (Å²) in [5.41, 5.74) is 0. The molecule has 1 fully saturated rings. The first-order chi connectivity index (χ1) is 7.20. The average molecular weight is 216 g/mol. The maximum atomic E-state index is 12.0. The zero-order valence-corrected chi connectivity index (χ0v) is 9.15. The van der Waals surface area contributed by atoms with Crippen molar-refractivity contribution in [2.75, 3.05) is 32.8 Å². The summed E-state index contributed by atoms with van der Waals surface area (Å²) in [6.45, 7) is 3.37. The highest BCUT2D eigenvalue weighted by Crippen LogP contribution is 2.16. The van der Waals surface area contributed by atoms with Crippen LogP contribution in [0.2, 0.25) is 0 Å². The second kappa shape index (κ2) is 6.05. The standard InChI is InChI=1S/C10H20N2O3/c1-8-2-3-11-9(8)10(15)12(4-6-13)5-7-14/h8-9,11,13-14H,2-7H2,1H3. The van der Waals surface area contributed by atoms with E-state index in [9.17, 15) is 4.79 Å². The summed E-state index contributed by atoms with van der Waals surface area (Å²) >= 11 is 0. The Morgan fingerprint density at radius 1 is 1.40 bits per heavy atom. The smallest absolute Gasteiger partial charge is 0.240 e. The third-order valence-electron chi connectivity index (χ3n) is 2.85. The molecule has 0 aromatic carbocycles. The van der Waals surface area contributed by atoms with Crippen molar-refractivity contribution in [2.24, 2.45) is 5.92 Å². The number of hydrogen-bond acceptors (Lipinski definition) is 4. The molecular weight excluding hydrogens is 196 g/mol. The summed E-state index contributed by atoms with van der Waals surface area (Å²) in [5, 5.41) is 20.8. The Labute approximate surface area is 90.1 Å². The van der Waals surface area contributed by atoms with E-state index in [1.54, 1.807) is 0 Å². The van der Waals surface area contributed by atoms with Crippen molar-refractivity contribution < 1.29 is 15.0 Å². The first-order valence-electron chi connectivity index (χ1n) is 5.44. The maximum absolute atomic E-state index is 12.0. The summed E-state index contributed by atoms with van der Waals surface area (Å²) < 4.78 is 0. The van der Waals surface area contributed by atoms with Gasteiger partial charge in [0.05, 0.1) is 19.3 Å². The van der Waals surface area contributed by atoms with Crippen LogP contribution in [-0.4, -0.2) is 59.9 Å². The lowest BCUT2D eigenvalue weighted by atomic mass is 10.0. The van der Waals surface area contributed by atoms with E-state index in [-0.39, 0.29) is 25.2 Å². The first kappa shape index (κ1) is 12.4. The second-order valence-corrected chi connectivity index (χ2v) is 3.97. The summed E-state index contributed by atoms with van der Waals surface area (Å²) in [4.78, 5) is 13.5. The zero-order valence-electron chi connectivity index (χ0n) is 9.15. The van der Waals surface area contributed by atoms with Crippen LogP contribution in [-0.2, 0) is 4.79 Å². The number of aliphatic hydroxyl groups is 2. The average Bonchev–Trinajstić information content (AvgIpc) is 2.63. The quantitative estimate of drug-likeness (QED) is 0.539. The summed E-state index contributed by atoms with van der Waals surface area (Å²) in [5.74, 6) is 0.320. The van der Waals surface area contributed by atoms with E-state index in [4.69, 9.17) is 10.2 Å². The Balaban J connectivity index is 2.54. The van der Waals surface area contributed by atoms with Gasteiger partial charge in [-0.3, -0.25) is 4.79 Å². The molecule has 0 aromatic heterocycles. The van der Waals surface area contributed by atoms with E-state index in [1.165, 1.54) is 4.90 Å². The number of carbonyl (C=O) groups excluding carboxylic acids is 1. The summed E-state index contributed by atoms with van der Waals surface area (Å²) in [6, 6.07) is -0.150. The molecule has 0 bridgehead atoms. The maximum Gasteiger partial charge on any atom is 0.240 e. The molecule has 5 nitrogen and oxygen atoms in total. The third-order valence-corrected chi connectivity index (χ3v) is 2.85. The van der Waals surface area contributed by atoms with Gasteiger partial charge in [-0.2, -0.15) is 0 Å². The van der Waals surface area contributed by atoms with Gasteiger partial charge in [-0.25, -0.2) is 0 Å². The van der Waals surface area contributed by atoms with Gasteiger partial charge in [0.2, 0.25) is 5.91 Å². The topological polar surface area (TPSA) is 72.8 Å². The van der Waals surface area contributed by atoms with Crippen molar-refractivity contribution in [2.45, 2.75) is 19.4 Å². The van der Waals surface area contributed by atoms with Crippen LogP contribution < -0.4 is 5.32 Å². The van der Waals surface area contributed by atoms with Crippen molar-refractivity contribution in [3.63, 3.8) is 0 Å². The van der Waals surface area contributed by atoms with Crippen LogP contribution in [0.3, 0.4) is 0 Å². The van der Waals surface area contributed by atoms with E-state index in [0.717, 1.165) is 13.0 Å². The van der Waals surface area contributed by atoms with Gasteiger partial charge < -0.3 is 20.4 Å². The van der Waals surface area contributed by atoms with E-state index < -0.39 is 0 Å². The fraction of sp³-hybridized carbons (Fsp3) is 0.900. The van der Waals surface area contributed by atoms with E-state index in [2.05, 4.69) is 5.32 Å². The first-order valence-corrected chi connectivity index (χ1v) is 5.44. The normalized spacial score (nSPS) is 25.5. The minimum absolute atomic E-state index is 0.0110. The van der Waals surface area contributed by atoms with Gasteiger partial charge in [0.1, 0.15) is 0 Å². The van der Waals surface area contributed by atoms with Crippen LogP contribution in [0.1, 0.15) is 13.3 Å². The van der Waals surface area contributed by atoms with Gasteiger partial charge in [0.25, 0.3) is 0 Å². The Bertz CT molecular complexity index is 205. The van der Waals surface area contributed by atoms with Crippen molar-refractivity contribution >= 4 is 5.91 Å². The zero-order chi connectivity index (χ0) is 11.3. The summed E-state index contributed by atoms with van der Waals surface area (Å²) in [6.07, 6.45) is 1.00. The molecule has 1 amide bonds. The van der Waals surface area contributed by atoms with Gasteiger partial charge >= 0.3 is 0 Å². The summed E-state index contributed by atoms with van der Waals surface area (Å²) in [7, 11) is 0. The molecule has 2 unspecified atom stereocenters. The minimum Gasteiger partial charge on any atom is -0.395 e. The molecule has 1 rings (SSSR count). The van der Waals surface area contributed by atoms with Crippen LogP contribution >= 0.6 is 0 Å². The Kier molecular flexibility index (Phi) is 5.01. The van der Waals surface area contributed by atoms with Crippen LogP contribution in [0.25, 0.3) is 0 Å². The molecule has 2 atom stereocenters. The number of rotatable bonds is 5. The molecule has 1 saturated heterocycles. The van der Waals surface area contributed by atoms with Crippen molar-refractivity contribution in [3.05, 3.63) is 0 Å². The van der Waals surface area contributed by atoms with E-state index >= 15 is 0 Å². The molecule has 0 aromatic rings. The lowest BCUT2D eigenvalue weighted by Gasteiger charge is -2.26. The molecule has 0 radical (unpaired) electrons. The fourth-order valence-electron chi connectivity index (χ4n) is 1.94. The molecule has 1 heterocycles. The molecule has 0 saturated carbocycles. The highest BCUT2D eigenvalue weighted by molar-refractivity contribution is 5.82. The van der Waals surface area contributed by atoms with Crippen molar-refractivity contribution in [1.29, 1.82) is 0 Å².